The molecule has 0 radical (unpaired) electrons. The van der Waals surface area contributed by atoms with Crippen LogP contribution in [0.1, 0.15) is 30.9 Å². The van der Waals surface area contributed by atoms with Gasteiger partial charge in [0.25, 0.3) is 5.91 Å². The molecule has 19 heavy (non-hydrogen) atoms. The van der Waals surface area contributed by atoms with Crippen LogP contribution < -0.4 is 5.32 Å². The third-order valence-electron chi connectivity index (χ3n) is 3.96. The minimum absolute atomic E-state index is 0.0267. The quantitative estimate of drug-likeness (QED) is 0.783. The predicted octanol–water partition coefficient (Wildman–Crippen LogP) is 3.02. The summed E-state index contributed by atoms with van der Waals surface area (Å²) in [5.41, 5.74) is 3.96. The van der Waals surface area contributed by atoms with Gasteiger partial charge in [-0.25, -0.2) is 0 Å². The van der Waals surface area contributed by atoms with Crippen molar-refractivity contribution in [3.05, 3.63) is 35.5 Å². The van der Waals surface area contributed by atoms with Crippen LogP contribution in [0.2, 0.25) is 0 Å². The van der Waals surface area contributed by atoms with Crippen LogP contribution in [0.3, 0.4) is 0 Å². The Bertz CT molecular complexity index is 548. The summed E-state index contributed by atoms with van der Waals surface area (Å²) in [5.74, 6) is 0.742. The number of hydrogen-bond donors (Lipinski definition) is 1. The zero-order valence-corrected chi connectivity index (χ0v) is 11.6. The highest BCUT2D eigenvalue weighted by Crippen LogP contribution is 2.33. The van der Waals surface area contributed by atoms with Crippen molar-refractivity contribution >= 4 is 17.2 Å². The number of nitrogens with zero attached hydrogens (tertiary/aromatic N) is 1. The van der Waals surface area contributed by atoms with Crippen molar-refractivity contribution in [2.24, 2.45) is 5.92 Å². The summed E-state index contributed by atoms with van der Waals surface area (Å²) in [6.45, 7) is 6.43. The van der Waals surface area contributed by atoms with E-state index in [0.717, 1.165) is 29.9 Å². The molecule has 3 rings (SSSR count). The van der Waals surface area contributed by atoms with Crippen LogP contribution in [0.4, 0.5) is 5.69 Å². The molecule has 2 aliphatic rings. The number of benzene rings is 1. The molecule has 1 unspecified atom stereocenters. The summed E-state index contributed by atoms with van der Waals surface area (Å²) in [6.07, 6.45) is 4.56. The average Bonchev–Trinajstić information content (AvgIpc) is 2.65. The Morgan fingerprint density at radius 2 is 2.26 bits per heavy atom. The molecule has 1 fully saturated rings. The van der Waals surface area contributed by atoms with Crippen molar-refractivity contribution in [1.29, 1.82) is 0 Å². The van der Waals surface area contributed by atoms with E-state index in [0.29, 0.717) is 5.92 Å². The minimum atomic E-state index is 0.0267. The van der Waals surface area contributed by atoms with Gasteiger partial charge in [0, 0.05) is 30.5 Å². The third-order valence-corrected chi connectivity index (χ3v) is 3.96. The van der Waals surface area contributed by atoms with Crippen LogP contribution in [0.5, 0.6) is 0 Å². The fourth-order valence-corrected chi connectivity index (χ4v) is 2.96. The number of amides is 1. The van der Waals surface area contributed by atoms with Crippen LogP contribution in [0.15, 0.2) is 24.4 Å². The molecule has 0 aliphatic carbocycles. The number of aryl methyl sites for hydroxylation is 1. The Hall–Kier alpha value is -1.77. The van der Waals surface area contributed by atoms with Crippen molar-refractivity contribution in [3.8, 4) is 0 Å². The molecule has 0 spiro atoms. The topological polar surface area (TPSA) is 32.3 Å². The van der Waals surface area contributed by atoms with E-state index < -0.39 is 0 Å². The lowest BCUT2D eigenvalue weighted by Gasteiger charge is -2.30. The Morgan fingerprint density at radius 1 is 1.42 bits per heavy atom. The molecule has 1 atom stereocenters. The summed E-state index contributed by atoms with van der Waals surface area (Å²) in [4.78, 5) is 14.4. The number of carbonyl (C=O) groups excluding carboxylic acids is 1. The van der Waals surface area contributed by atoms with Gasteiger partial charge in [-0.2, -0.15) is 0 Å². The van der Waals surface area contributed by atoms with Crippen LogP contribution >= 0.6 is 0 Å². The first-order chi connectivity index (χ1) is 9.13. The van der Waals surface area contributed by atoms with Crippen molar-refractivity contribution in [2.75, 3.05) is 18.4 Å². The Morgan fingerprint density at radius 3 is 3.05 bits per heavy atom. The number of likely N-dealkylation sites (tertiary alicyclic amines) is 1. The number of carbonyl (C=O) groups is 1. The van der Waals surface area contributed by atoms with Gasteiger partial charge in [-0.3, -0.25) is 4.79 Å². The van der Waals surface area contributed by atoms with Crippen LogP contribution in [0, 0.1) is 12.8 Å². The van der Waals surface area contributed by atoms with Gasteiger partial charge < -0.3 is 10.2 Å². The third kappa shape index (κ3) is 2.37. The van der Waals surface area contributed by atoms with Gasteiger partial charge in [0.1, 0.15) is 0 Å². The largest absolute Gasteiger partial charge is 0.376 e. The number of hydrogen-bond acceptors (Lipinski definition) is 2. The van der Waals surface area contributed by atoms with E-state index in [1.807, 2.05) is 25.3 Å². The lowest BCUT2D eigenvalue weighted by Crippen LogP contribution is -2.30. The number of rotatable bonds is 1. The van der Waals surface area contributed by atoms with Gasteiger partial charge in [-0.15, -0.1) is 0 Å². The van der Waals surface area contributed by atoms with E-state index in [9.17, 15) is 4.79 Å². The van der Waals surface area contributed by atoms with E-state index in [1.54, 1.807) is 0 Å². The second kappa shape index (κ2) is 4.72. The van der Waals surface area contributed by atoms with Gasteiger partial charge in [0.2, 0.25) is 0 Å². The molecule has 0 aromatic heterocycles. The van der Waals surface area contributed by atoms with Crippen molar-refractivity contribution in [2.45, 2.75) is 26.7 Å². The first-order valence-corrected chi connectivity index (χ1v) is 7.02. The van der Waals surface area contributed by atoms with E-state index >= 15 is 0 Å². The zero-order valence-electron chi connectivity index (χ0n) is 11.6. The average molecular weight is 256 g/mol. The highest BCUT2D eigenvalue weighted by atomic mass is 16.2. The Labute approximate surface area is 114 Å². The molecular formula is C16H20N2O. The second-order valence-electron chi connectivity index (χ2n) is 5.79. The Kier molecular flexibility index (Phi) is 3.05. The number of piperidine rings is 1. The molecule has 1 aromatic carbocycles. The fraction of sp³-hybridized carbons (Fsp3) is 0.438. The summed E-state index contributed by atoms with van der Waals surface area (Å²) >= 11 is 0. The fourth-order valence-electron chi connectivity index (χ4n) is 2.96. The second-order valence-corrected chi connectivity index (χ2v) is 5.79. The van der Waals surface area contributed by atoms with Crippen LogP contribution in [-0.4, -0.2) is 23.9 Å². The van der Waals surface area contributed by atoms with E-state index in [4.69, 9.17) is 0 Å². The number of fused-ring (bicyclic) bond motifs is 1. The van der Waals surface area contributed by atoms with Gasteiger partial charge >= 0.3 is 0 Å². The molecule has 3 nitrogen and oxygen atoms in total. The lowest BCUT2D eigenvalue weighted by molar-refractivity contribution is -0.110. The summed E-state index contributed by atoms with van der Waals surface area (Å²) < 4.78 is 0. The normalized spacial score (nSPS) is 24.5. The zero-order chi connectivity index (χ0) is 13.4. The summed E-state index contributed by atoms with van der Waals surface area (Å²) in [7, 11) is 0. The predicted molar refractivity (Wildman–Crippen MR) is 77.8 cm³/mol. The smallest absolute Gasteiger partial charge is 0.257 e. The molecule has 1 saturated heterocycles. The maximum Gasteiger partial charge on any atom is 0.257 e. The standard InChI is InChI=1S/C16H20N2O/c1-11-5-6-13-14(16(19)17-15(13)8-11)10-18-7-3-4-12(2)9-18/h5-6,8,10,12H,3-4,7,9H2,1-2H3,(H,17,19)/b14-10+. The summed E-state index contributed by atoms with van der Waals surface area (Å²) in [6, 6.07) is 6.14. The monoisotopic (exact) mass is 256 g/mol. The molecule has 3 heteroatoms. The minimum Gasteiger partial charge on any atom is -0.376 e. The molecule has 1 aromatic rings. The molecule has 0 saturated carbocycles. The molecule has 0 bridgehead atoms. The summed E-state index contributed by atoms with van der Waals surface area (Å²) in [5, 5.41) is 2.96. The molecule has 1 N–H and O–H groups in total. The highest BCUT2D eigenvalue weighted by Gasteiger charge is 2.25. The van der Waals surface area contributed by atoms with E-state index in [2.05, 4.69) is 23.2 Å². The lowest BCUT2D eigenvalue weighted by atomic mass is 10.00. The van der Waals surface area contributed by atoms with Gasteiger partial charge in [0.15, 0.2) is 0 Å². The van der Waals surface area contributed by atoms with Gasteiger partial charge in [-0.1, -0.05) is 19.1 Å². The SMILES string of the molecule is Cc1ccc2c(c1)NC(=O)/C2=C/N1CCCC(C)C1. The molecular weight excluding hydrogens is 236 g/mol. The number of anilines is 1. The van der Waals surface area contributed by atoms with Gasteiger partial charge in [-0.05, 0) is 37.3 Å². The van der Waals surface area contributed by atoms with Crippen LogP contribution in [-0.2, 0) is 4.79 Å². The molecule has 2 heterocycles. The van der Waals surface area contributed by atoms with Crippen molar-refractivity contribution in [3.63, 3.8) is 0 Å². The highest BCUT2D eigenvalue weighted by molar-refractivity contribution is 6.31. The van der Waals surface area contributed by atoms with E-state index in [1.165, 1.54) is 18.4 Å². The number of nitrogens with one attached hydrogen (secondary N) is 1. The van der Waals surface area contributed by atoms with Crippen LogP contribution in [0.25, 0.3) is 5.57 Å². The van der Waals surface area contributed by atoms with Crippen molar-refractivity contribution < 1.29 is 4.79 Å². The van der Waals surface area contributed by atoms with E-state index in [-0.39, 0.29) is 5.91 Å². The Balaban J connectivity index is 1.91. The molecule has 2 aliphatic heterocycles. The maximum absolute atomic E-state index is 12.1. The maximum atomic E-state index is 12.1. The molecule has 100 valence electrons. The first-order valence-electron chi connectivity index (χ1n) is 7.02. The van der Waals surface area contributed by atoms with Gasteiger partial charge in [0.05, 0.1) is 5.57 Å². The van der Waals surface area contributed by atoms with Crippen molar-refractivity contribution in [1.82, 2.24) is 4.90 Å². The first kappa shape index (κ1) is 12.3. The molecule has 1 amide bonds.